The molecule has 1 aliphatic carbocycles. The van der Waals surface area contributed by atoms with Gasteiger partial charge in [-0.1, -0.05) is 56.1 Å². The number of hydrogen-bond acceptors (Lipinski definition) is 4. The summed E-state index contributed by atoms with van der Waals surface area (Å²) in [5.41, 5.74) is 3.70. The van der Waals surface area contributed by atoms with Crippen molar-refractivity contribution in [2.75, 3.05) is 5.32 Å². The Morgan fingerprint density at radius 3 is 2.62 bits per heavy atom. The van der Waals surface area contributed by atoms with Crippen molar-refractivity contribution in [1.82, 2.24) is 15.2 Å². The van der Waals surface area contributed by atoms with Crippen molar-refractivity contribution in [3.8, 4) is 11.3 Å². The van der Waals surface area contributed by atoms with Gasteiger partial charge in [-0.3, -0.25) is 14.7 Å². The summed E-state index contributed by atoms with van der Waals surface area (Å²) >= 11 is 1.63. The third-order valence-corrected chi connectivity index (χ3v) is 7.43. The highest BCUT2D eigenvalue weighted by Gasteiger charge is 2.22. The second kappa shape index (κ2) is 9.89. The van der Waals surface area contributed by atoms with Gasteiger partial charge in [0.15, 0.2) is 0 Å². The first-order chi connectivity index (χ1) is 16.6. The maximum Gasteiger partial charge on any atom is 0.273 e. The zero-order chi connectivity index (χ0) is 23.5. The SMILES string of the molecule is CCCc1[nH][nH]c(=O)c1-c1cc(Sc2ccc(NC(=O)C3CCCC3)cc2)c2ccccc2n1. The molecule has 1 saturated carbocycles. The molecule has 2 aromatic heterocycles. The van der Waals surface area contributed by atoms with Gasteiger partial charge in [0.25, 0.3) is 5.56 Å². The number of rotatable bonds is 7. The summed E-state index contributed by atoms with van der Waals surface area (Å²) in [6.45, 7) is 2.09. The molecule has 1 fully saturated rings. The molecule has 4 aromatic rings. The first kappa shape index (κ1) is 22.5. The van der Waals surface area contributed by atoms with E-state index < -0.39 is 0 Å². The maximum atomic E-state index is 12.6. The van der Waals surface area contributed by atoms with Crippen LogP contribution in [0.25, 0.3) is 22.2 Å². The summed E-state index contributed by atoms with van der Waals surface area (Å²) in [7, 11) is 0. The third-order valence-electron chi connectivity index (χ3n) is 6.37. The highest BCUT2D eigenvalue weighted by Crippen LogP contribution is 2.36. The Morgan fingerprint density at radius 2 is 1.85 bits per heavy atom. The van der Waals surface area contributed by atoms with Gasteiger partial charge < -0.3 is 10.4 Å². The van der Waals surface area contributed by atoms with Crippen molar-refractivity contribution in [3.05, 3.63) is 70.6 Å². The van der Waals surface area contributed by atoms with E-state index in [0.717, 1.165) is 70.6 Å². The van der Waals surface area contributed by atoms with Crippen LogP contribution < -0.4 is 10.9 Å². The smallest absolute Gasteiger partial charge is 0.273 e. The summed E-state index contributed by atoms with van der Waals surface area (Å²) in [4.78, 5) is 31.9. The highest BCUT2D eigenvalue weighted by atomic mass is 32.2. The molecule has 34 heavy (non-hydrogen) atoms. The summed E-state index contributed by atoms with van der Waals surface area (Å²) in [6.07, 6.45) is 5.97. The predicted octanol–water partition coefficient (Wildman–Crippen LogP) is 6.15. The minimum Gasteiger partial charge on any atom is -0.326 e. The number of aryl methyl sites for hydroxylation is 1. The number of para-hydroxylation sites is 1. The topological polar surface area (TPSA) is 90.6 Å². The molecule has 5 rings (SSSR count). The lowest BCUT2D eigenvalue weighted by Crippen LogP contribution is -2.20. The number of carbonyl (C=O) groups excluding carboxylic acids is 1. The average molecular weight is 473 g/mol. The molecule has 7 heteroatoms. The fourth-order valence-electron chi connectivity index (χ4n) is 4.62. The van der Waals surface area contributed by atoms with Crippen LogP contribution in [0.3, 0.4) is 0 Å². The van der Waals surface area contributed by atoms with E-state index in [-0.39, 0.29) is 17.4 Å². The number of H-pyrrole nitrogens is 2. The van der Waals surface area contributed by atoms with Gasteiger partial charge in [0.2, 0.25) is 5.91 Å². The second-order valence-corrected chi connectivity index (χ2v) is 9.92. The molecule has 0 unspecified atom stereocenters. The second-order valence-electron chi connectivity index (χ2n) is 8.80. The number of amides is 1. The lowest BCUT2D eigenvalue weighted by Gasteiger charge is -2.12. The standard InChI is InChI=1S/C27H28N4O2S/c1-2-7-22-25(27(33)31-30-22)23-16-24(20-10-5-6-11-21(20)29-23)34-19-14-12-18(13-15-19)28-26(32)17-8-3-4-9-17/h5-6,10-17H,2-4,7-9H2,1H3,(H,28,32)(H2,30,31,33). The maximum absolute atomic E-state index is 12.6. The zero-order valence-electron chi connectivity index (χ0n) is 19.2. The molecule has 0 radical (unpaired) electrons. The van der Waals surface area contributed by atoms with Gasteiger partial charge in [-0.15, -0.1) is 0 Å². The number of nitrogens with zero attached hydrogens (tertiary/aromatic N) is 1. The van der Waals surface area contributed by atoms with E-state index in [4.69, 9.17) is 4.98 Å². The Labute approximate surface area is 202 Å². The molecule has 2 aromatic carbocycles. The van der Waals surface area contributed by atoms with E-state index >= 15 is 0 Å². The molecule has 0 saturated heterocycles. The van der Waals surface area contributed by atoms with Gasteiger partial charge in [-0.05, 0) is 55.7 Å². The quantitative estimate of drug-likeness (QED) is 0.301. The number of pyridine rings is 1. The van der Waals surface area contributed by atoms with E-state index in [2.05, 4.69) is 28.5 Å². The monoisotopic (exact) mass is 472 g/mol. The Balaban J connectivity index is 1.44. The molecule has 1 amide bonds. The predicted molar refractivity (Wildman–Crippen MR) is 137 cm³/mol. The lowest BCUT2D eigenvalue weighted by atomic mass is 10.1. The van der Waals surface area contributed by atoms with Crippen molar-refractivity contribution in [3.63, 3.8) is 0 Å². The van der Waals surface area contributed by atoms with Gasteiger partial charge in [0.05, 0.1) is 16.8 Å². The third kappa shape index (κ3) is 4.66. The highest BCUT2D eigenvalue weighted by molar-refractivity contribution is 7.99. The summed E-state index contributed by atoms with van der Waals surface area (Å²) in [5.74, 6) is 0.270. The van der Waals surface area contributed by atoms with E-state index in [0.29, 0.717) is 11.3 Å². The number of carbonyl (C=O) groups is 1. The lowest BCUT2D eigenvalue weighted by molar-refractivity contribution is -0.119. The molecule has 3 N–H and O–H groups in total. The molecule has 174 valence electrons. The van der Waals surface area contributed by atoms with Crippen LogP contribution in [0.5, 0.6) is 0 Å². The number of fused-ring (bicyclic) bond motifs is 1. The fourth-order valence-corrected chi connectivity index (χ4v) is 5.60. The summed E-state index contributed by atoms with van der Waals surface area (Å²) in [6, 6.07) is 17.9. The molecule has 0 atom stereocenters. The van der Waals surface area contributed by atoms with Crippen LogP contribution in [0, 0.1) is 5.92 Å². The molecule has 0 bridgehead atoms. The molecule has 0 aliphatic heterocycles. The van der Waals surface area contributed by atoms with Crippen LogP contribution in [0.2, 0.25) is 0 Å². The number of aromatic amines is 2. The van der Waals surface area contributed by atoms with Gasteiger partial charge >= 0.3 is 0 Å². The van der Waals surface area contributed by atoms with Crippen molar-refractivity contribution >= 4 is 34.3 Å². The van der Waals surface area contributed by atoms with Gasteiger partial charge in [0.1, 0.15) is 0 Å². The van der Waals surface area contributed by atoms with E-state index in [9.17, 15) is 9.59 Å². The largest absolute Gasteiger partial charge is 0.326 e. The number of aromatic nitrogens is 3. The first-order valence-corrected chi connectivity index (χ1v) is 12.7. The van der Waals surface area contributed by atoms with Crippen molar-refractivity contribution < 1.29 is 4.79 Å². The number of nitrogens with one attached hydrogen (secondary N) is 3. The molecule has 6 nitrogen and oxygen atoms in total. The Morgan fingerprint density at radius 1 is 1.09 bits per heavy atom. The molecule has 2 heterocycles. The van der Waals surface area contributed by atoms with E-state index in [1.54, 1.807) is 11.8 Å². The molecular weight excluding hydrogens is 444 g/mol. The summed E-state index contributed by atoms with van der Waals surface area (Å²) < 4.78 is 0. The normalized spacial score (nSPS) is 14.0. The van der Waals surface area contributed by atoms with Gasteiger partial charge in [0, 0.05) is 32.5 Å². The Bertz CT molecular complexity index is 1370. The van der Waals surface area contributed by atoms with Crippen LogP contribution in [-0.4, -0.2) is 21.1 Å². The van der Waals surface area contributed by atoms with Crippen LogP contribution in [-0.2, 0) is 11.2 Å². The van der Waals surface area contributed by atoms with Crippen molar-refractivity contribution in [1.29, 1.82) is 0 Å². The number of hydrogen-bond donors (Lipinski definition) is 3. The van der Waals surface area contributed by atoms with Crippen LogP contribution in [0.4, 0.5) is 5.69 Å². The minimum absolute atomic E-state index is 0.127. The minimum atomic E-state index is -0.149. The van der Waals surface area contributed by atoms with E-state index in [1.165, 1.54) is 0 Å². The molecule has 1 aliphatic rings. The first-order valence-electron chi connectivity index (χ1n) is 11.9. The Hall–Kier alpha value is -3.32. The Kier molecular flexibility index (Phi) is 6.54. The molecule has 0 spiro atoms. The van der Waals surface area contributed by atoms with Gasteiger partial charge in [-0.25, -0.2) is 4.98 Å². The number of benzene rings is 2. The van der Waals surface area contributed by atoms with Crippen LogP contribution in [0.15, 0.2) is 69.2 Å². The zero-order valence-corrected chi connectivity index (χ0v) is 20.0. The van der Waals surface area contributed by atoms with E-state index in [1.807, 2.05) is 48.5 Å². The fraction of sp³-hybridized carbons (Fsp3) is 0.296. The number of anilines is 1. The average Bonchev–Trinajstić information content (AvgIpc) is 3.51. The van der Waals surface area contributed by atoms with Gasteiger partial charge in [-0.2, -0.15) is 0 Å². The van der Waals surface area contributed by atoms with Crippen LogP contribution in [0.1, 0.15) is 44.7 Å². The van der Waals surface area contributed by atoms with Crippen molar-refractivity contribution in [2.24, 2.45) is 5.92 Å². The van der Waals surface area contributed by atoms with Crippen LogP contribution >= 0.6 is 11.8 Å². The summed E-state index contributed by atoms with van der Waals surface area (Å²) in [5, 5.41) is 9.83. The molecular formula is C27H28N4O2S. The van der Waals surface area contributed by atoms with Crippen molar-refractivity contribution in [2.45, 2.75) is 55.2 Å².